The summed E-state index contributed by atoms with van der Waals surface area (Å²) in [6, 6.07) is 0. The number of carboxylic acids is 2. The van der Waals surface area contributed by atoms with Crippen molar-refractivity contribution >= 4 is 11.9 Å². The van der Waals surface area contributed by atoms with Gasteiger partial charge in [-0.05, 0) is 96.9 Å². The predicted molar refractivity (Wildman–Crippen MR) is 235 cm³/mol. The Morgan fingerprint density at radius 2 is 0.901 bits per heavy atom. The van der Waals surface area contributed by atoms with Crippen molar-refractivity contribution in [1.82, 2.24) is 0 Å². The quantitative estimate of drug-likeness (QED) is 0.0564. The fraction of sp³-hybridized carbons (Fsp3) is 0.957. The standard InChI is InChI=1S/C47H76O24/c1-30(26(27-37(8,54)45(18-49,63-27)65-30)64-62-25-36(7)40(11,57)42(13)32(3,20-58-15)46(68-36,70-42)28(50)51)19-60-21-31(2)41(12)39(10,56)35(6,66-44(31,17-48)69-41)24-61-22-33(4)43(14)38(9,55)34(5,23-59-16)67-47(33,71-43)29(52)53/h26-27,48-49,54-57H,17-25H2,1-16H3,(H,50,51)(H,52,53). The fourth-order valence-corrected chi connectivity index (χ4v) is 13.7. The van der Waals surface area contributed by atoms with Gasteiger partial charge in [-0.3, -0.25) is 0 Å². The molecule has 20 unspecified atom stereocenters. The van der Waals surface area contributed by atoms with Crippen LogP contribution in [-0.2, 0) is 76.2 Å². The lowest BCUT2D eigenvalue weighted by molar-refractivity contribution is -0.580. The summed E-state index contributed by atoms with van der Waals surface area (Å²) in [6.07, 6.45) is -2.54. The largest absolute Gasteiger partial charge is 0.477 e. The number of fused-ring (bicyclic) bond motifs is 8. The number of carbonyl (C=O) groups is 2. The molecule has 12 aliphatic heterocycles. The molecule has 12 saturated heterocycles. The summed E-state index contributed by atoms with van der Waals surface area (Å²) >= 11 is 0. The molecule has 12 rings (SSSR count). The van der Waals surface area contributed by atoms with Crippen molar-refractivity contribution in [3.05, 3.63) is 0 Å². The molecular weight excluding hydrogens is 948 g/mol. The summed E-state index contributed by atoms with van der Waals surface area (Å²) in [7, 11) is 2.79. The van der Waals surface area contributed by atoms with E-state index in [1.165, 1.54) is 48.8 Å². The van der Waals surface area contributed by atoms with E-state index in [0.717, 1.165) is 0 Å². The average molecular weight is 1030 g/mol. The first kappa shape index (κ1) is 55.4. The Hall–Kier alpha value is -1.86. The summed E-state index contributed by atoms with van der Waals surface area (Å²) in [5.74, 6) is -11.1. The van der Waals surface area contributed by atoms with E-state index in [2.05, 4.69) is 0 Å². The number of ether oxygens (including phenoxy) is 12. The molecule has 0 amide bonds. The number of carboxylic acid groups (broad SMARTS) is 2. The Bertz CT molecular complexity index is 2190. The minimum absolute atomic E-state index is 0.136. The van der Waals surface area contributed by atoms with Gasteiger partial charge in [-0.2, -0.15) is 0 Å². The summed E-state index contributed by atoms with van der Waals surface area (Å²) in [5.41, 5.74) is -22.9. The van der Waals surface area contributed by atoms with Gasteiger partial charge in [-0.25, -0.2) is 19.4 Å². The third-order valence-electron chi connectivity index (χ3n) is 20.3. The smallest absolute Gasteiger partial charge is 0.365 e. The molecule has 8 bridgehead atoms. The molecule has 20 atom stereocenters. The number of aliphatic carboxylic acids is 2. The Balaban J connectivity index is 0.985. The minimum Gasteiger partial charge on any atom is -0.477 e. The zero-order valence-electron chi connectivity index (χ0n) is 43.6. The van der Waals surface area contributed by atoms with Crippen molar-refractivity contribution in [1.29, 1.82) is 0 Å². The van der Waals surface area contributed by atoms with E-state index in [1.54, 1.807) is 62.3 Å². The summed E-state index contributed by atoms with van der Waals surface area (Å²) < 4.78 is 72.7. The topological polar surface area (TPSA) is 325 Å². The molecule has 408 valence electrons. The number of aliphatic hydroxyl groups excluding tert-OH is 2. The second kappa shape index (κ2) is 15.4. The first-order chi connectivity index (χ1) is 32.2. The van der Waals surface area contributed by atoms with E-state index in [0.29, 0.717) is 0 Å². The molecule has 12 aliphatic rings. The van der Waals surface area contributed by atoms with Crippen LogP contribution in [0.4, 0.5) is 0 Å². The van der Waals surface area contributed by atoms with Gasteiger partial charge in [0.1, 0.15) is 80.9 Å². The van der Waals surface area contributed by atoms with Crippen molar-refractivity contribution in [3.63, 3.8) is 0 Å². The van der Waals surface area contributed by atoms with Crippen LogP contribution in [0, 0.1) is 16.2 Å². The van der Waals surface area contributed by atoms with Crippen molar-refractivity contribution in [2.24, 2.45) is 16.2 Å². The van der Waals surface area contributed by atoms with Crippen LogP contribution in [0.5, 0.6) is 0 Å². The van der Waals surface area contributed by atoms with E-state index in [1.807, 2.05) is 0 Å². The number of hydrogen-bond donors (Lipinski definition) is 8. The summed E-state index contributed by atoms with van der Waals surface area (Å²) in [6.45, 7) is 17.8. The van der Waals surface area contributed by atoms with Gasteiger partial charge in [0.05, 0.1) is 62.5 Å². The Kier molecular flexibility index (Phi) is 12.0. The van der Waals surface area contributed by atoms with Crippen molar-refractivity contribution in [2.45, 2.75) is 194 Å². The van der Waals surface area contributed by atoms with E-state index >= 15 is 0 Å². The van der Waals surface area contributed by atoms with Gasteiger partial charge in [0.2, 0.25) is 11.6 Å². The summed E-state index contributed by atoms with van der Waals surface area (Å²) in [4.78, 5) is 37.5. The van der Waals surface area contributed by atoms with E-state index in [-0.39, 0.29) is 39.6 Å². The average Bonchev–Trinajstić information content (AvgIpc) is 3.26. The Morgan fingerprint density at radius 3 is 1.35 bits per heavy atom. The van der Waals surface area contributed by atoms with Crippen LogP contribution in [0.1, 0.15) is 96.9 Å². The first-order valence-corrected chi connectivity index (χ1v) is 23.8. The van der Waals surface area contributed by atoms with Crippen molar-refractivity contribution in [2.75, 3.05) is 73.7 Å². The lowest BCUT2D eigenvalue weighted by Gasteiger charge is -2.78. The maximum absolute atomic E-state index is 12.9. The van der Waals surface area contributed by atoms with E-state index in [4.69, 9.17) is 66.6 Å². The molecule has 0 radical (unpaired) electrons. The molecule has 24 nitrogen and oxygen atoms in total. The van der Waals surface area contributed by atoms with Crippen molar-refractivity contribution in [3.8, 4) is 0 Å². The van der Waals surface area contributed by atoms with Gasteiger partial charge in [-0.15, -0.1) is 0 Å². The second-order valence-electron chi connectivity index (χ2n) is 24.0. The van der Waals surface area contributed by atoms with Crippen LogP contribution >= 0.6 is 0 Å². The Morgan fingerprint density at radius 1 is 0.479 bits per heavy atom. The Labute approximate surface area is 412 Å². The molecule has 71 heavy (non-hydrogen) atoms. The van der Waals surface area contributed by atoms with E-state index in [9.17, 15) is 50.4 Å². The normalized spacial score (nSPS) is 58.5. The monoisotopic (exact) mass is 1020 g/mol. The predicted octanol–water partition coefficient (Wildman–Crippen LogP) is -0.488. The molecule has 0 aromatic rings. The number of rotatable bonds is 20. The van der Waals surface area contributed by atoms with Crippen LogP contribution < -0.4 is 0 Å². The molecule has 0 aliphatic carbocycles. The minimum atomic E-state index is -2.25. The van der Waals surface area contributed by atoms with E-state index < -0.39 is 145 Å². The van der Waals surface area contributed by atoms with Gasteiger partial charge >= 0.3 is 11.9 Å². The van der Waals surface area contributed by atoms with Crippen LogP contribution in [0.3, 0.4) is 0 Å². The molecule has 24 heteroatoms. The molecule has 8 N–H and O–H groups in total. The van der Waals surface area contributed by atoms with Crippen LogP contribution in [-0.4, -0.2) is 223 Å². The maximum atomic E-state index is 12.9. The van der Waals surface area contributed by atoms with Gasteiger partial charge < -0.3 is 97.7 Å². The molecular formula is C47H76O24. The summed E-state index contributed by atoms with van der Waals surface area (Å²) in [5, 5.41) is 90.7. The number of methoxy groups -OCH3 is 2. The van der Waals surface area contributed by atoms with Crippen LogP contribution in [0.2, 0.25) is 0 Å². The molecule has 12 fully saturated rings. The molecule has 0 spiro atoms. The highest BCUT2D eigenvalue weighted by Crippen LogP contribution is 2.73. The highest BCUT2D eigenvalue weighted by Gasteiger charge is 2.91. The van der Waals surface area contributed by atoms with Gasteiger partial charge in [-0.1, -0.05) is 0 Å². The molecule has 12 heterocycles. The third kappa shape index (κ3) is 5.78. The maximum Gasteiger partial charge on any atom is 0.365 e. The highest BCUT2D eigenvalue weighted by molar-refractivity contribution is 5.80. The molecule has 0 aromatic heterocycles. The van der Waals surface area contributed by atoms with Crippen LogP contribution in [0.25, 0.3) is 0 Å². The SMILES string of the molecule is COCC1(C)OC2(C(=O)O)OC(C)(C1(C)O)C2(C)COCC1(C)OC2(CO)OC(C)(C1(C)O)C2(C)COCC1(C)OC2(CO)OC(C1OOCC1(C)OC3(C(=O)O)OC(C)(C1(C)O)C3(C)COC)C2(C)O. The van der Waals surface area contributed by atoms with Crippen LogP contribution in [0.15, 0.2) is 0 Å². The molecule has 0 saturated carbocycles. The van der Waals surface area contributed by atoms with Gasteiger partial charge in [0.15, 0.2) is 6.10 Å². The third-order valence-corrected chi connectivity index (χ3v) is 20.3. The number of aliphatic hydroxyl groups is 6. The fourth-order valence-electron chi connectivity index (χ4n) is 13.7. The zero-order valence-corrected chi connectivity index (χ0v) is 43.6. The lowest BCUT2D eigenvalue weighted by atomic mass is 9.50. The highest BCUT2D eigenvalue weighted by atomic mass is 17.2. The van der Waals surface area contributed by atoms with Crippen molar-refractivity contribution < 1.29 is 117 Å². The molecule has 0 aromatic carbocycles. The first-order valence-electron chi connectivity index (χ1n) is 23.8. The van der Waals surface area contributed by atoms with Gasteiger partial charge in [0, 0.05) is 14.2 Å². The second-order valence-corrected chi connectivity index (χ2v) is 24.0. The lowest BCUT2D eigenvalue weighted by Crippen LogP contribution is -2.94. The zero-order chi connectivity index (χ0) is 53.6. The number of hydrogen-bond acceptors (Lipinski definition) is 22. The van der Waals surface area contributed by atoms with Gasteiger partial charge in [0.25, 0.3) is 11.6 Å².